The van der Waals surface area contributed by atoms with Crippen molar-refractivity contribution in [3.8, 4) is 0 Å². The first-order chi connectivity index (χ1) is 13.5. The second kappa shape index (κ2) is 9.12. The molecule has 0 radical (unpaired) electrons. The molecule has 1 aromatic heterocycles. The first kappa shape index (κ1) is 23.1. The van der Waals surface area contributed by atoms with E-state index >= 15 is 0 Å². The summed E-state index contributed by atoms with van der Waals surface area (Å²) in [5.74, 6) is 5.36. The van der Waals surface area contributed by atoms with Gasteiger partial charge in [-0.3, -0.25) is 9.80 Å². The van der Waals surface area contributed by atoms with Gasteiger partial charge in [-0.25, -0.2) is 20.0 Å². The Bertz CT molecular complexity index is 696. The average Bonchev–Trinajstić information content (AvgIpc) is 3.05. The Morgan fingerprint density at radius 2 is 2.10 bits per heavy atom. The van der Waals surface area contributed by atoms with E-state index in [2.05, 4.69) is 10.4 Å². The molecule has 3 N–H and O–H groups in total. The van der Waals surface area contributed by atoms with Gasteiger partial charge >= 0.3 is 12.3 Å². The number of carbonyl (C=O) groups is 1. The van der Waals surface area contributed by atoms with Gasteiger partial charge in [0, 0.05) is 6.54 Å². The molecule has 7 nitrogen and oxygen atoms in total. The van der Waals surface area contributed by atoms with Crippen LogP contribution in [0.2, 0.25) is 0 Å². The van der Waals surface area contributed by atoms with Crippen molar-refractivity contribution in [3.63, 3.8) is 0 Å². The number of rotatable bonds is 6. The normalized spacial score (nSPS) is 19.1. The van der Waals surface area contributed by atoms with Crippen molar-refractivity contribution in [1.82, 2.24) is 14.8 Å². The van der Waals surface area contributed by atoms with Gasteiger partial charge in [-0.15, -0.1) is 0 Å². The van der Waals surface area contributed by atoms with Crippen LogP contribution in [0.25, 0.3) is 0 Å². The van der Waals surface area contributed by atoms with Gasteiger partial charge in [-0.2, -0.15) is 13.2 Å². The number of pyridine rings is 1. The quantitative estimate of drug-likeness (QED) is 0.415. The summed E-state index contributed by atoms with van der Waals surface area (Å²) in [6.45, 7) is 3.72. The maximum atomic E-state index is 14.0. The number of nitrogen functional groups attached to an aromatic ring is 1. The average molecular weight is 421 g/mol. The van der Waals surface area contributed by atoms with Crippen molar-refractivity contribution in [2.24, 2.45) is 5.84 Å². The Morgan fingerprint density at radius 1 is 1.41 bits per heavy atom. The van der Waals surface area contributed by atoms with E-state index in [4.69, 9.17) is 10.6 Å². The number of carbonyl (C=O) groups excluding carboxylic acids is 1. The molecule has 164 valence electrons. The lowest BCUT2D eigenvalue weighted by atomic mass is 10.1. The van der Waals surface area contributed by atoms with Gasteiger partial charge in [0.1, 0.15) is 18.1 Å². The second-order valence-corrected chi connectivity index (χ2v) is 7.76. The molecule has 2 rings (SSSR count). The smallest absolute Gasteiger partial charge is 0.411 e. The number of aromatic nitrogens is 1. The third-order valence-electron chi connectivity index (χ3n) is 4.42. The Morgan fingerprint density at radius 3 is 2.66 bits per heavy atom. The van der Waals surface area contributed by atoms with Crippen LogP contribution in [0.1, 0.15) is 45.3 Å². The summed E-state index contributed by atoms with van der Waals surface area (Å²) in [5.41, 5.74) is 1.11. The van der Waals surface area contributed by atoms with Crippen molar-refractivity contribution in [3.05, 3.63) is 23.9 Å². The van der Waals surface area contributed by atoms with Crippen molar-refractivity contribution in [2.45, 2.75) is 57.6 Å². The number of likely N-dealkylation sites (tertiary alicyclic amines) is 1. The third-order valence-corrected chi connectivity index (χ3v) is 4.42. The molecule has 29 heavy (non-hydrogen) atoms. The maximum Gasteiger partial charge on any atom is 0.411 e. The van der Waals surface area contributed by atoms with E-state index in [-0.39, 0.29) is 31.0 Å². The van der Waals surface area contributed by atoms with Crippen LogP contribution in [0.5, 0.6) is 0 Å². The van der Waals surface area contributed by atoms with Gasteiger partial charge in [0.25, 0.3) is 0 Å². The Kier molecular flexibility index (Phi) is 7.28. The SMILES string of the molecule is CC(C)(C)OC(=O)N(CCF)[C@H]1CCCN1[C@H](c1cccc(NN)n1)C(F)(F)F. The number of halogens is 4. The lowest BCUT2D eigenvalue weighted by Crippen LogP contribution is -2.53. The summed E-state index contributed by atoms with van der Waals surface area (Å²) in [6, 6.07) is 2.03. The van der Waals surface area contributed by atoms with Crippen molar-refractivity contribution in [1.29, 1.82) is 0 Å². The van der Waals surface area contributed by atoms with Crippen molar-refractivity contribution >= 4 is 11.9 Å². The van der Waals surface area contributed by atoms with Crippen LogP contribution in [-0.2, 0) is 4.74 Å². The number of nitrogens with two attached hydrogens (primary N) is 1. The summed E-state index contributed by atoms with van der Waals surface area (Å²) in [7, 11) is 0. The Balaban J connectivity index is 2.40. The summed E-state index contributed by atoms with van der Waals surface area (Å²) in [6.07, 6.45) is -5.81. The van der Waals surface area contributed by atoms with Gasteiger partial charge in [-0.1, -0.05) is 6.07 Å². The minimum Gasteiger partial charge on any atom is -0.444 e. The fraction of sp³-hybridized carbons (Fsp3) is 0.667. The largest absolute Gasteiger partial charge is 0.444 e. The fourth-order valence-corrected chi connectivity index (χ4v) is 3.39. The minimum atomic E-state index is -4.67. The van der Waals surface area contributed by atoms with Gasteiger partial charge in [0.2, 0.25) is 0 Å². The predicted octanol–water partition coefficient (Wildman–Crippen LogP) is 3.60. The molecule has 0 bridgehead atoms. The van der Waals surface area contributed by atoms with E-state index in [1.807, 2.05) is 0 Å². The highest BCUT2D eigenvalue weighted by atomic mass is 19.4. The summed E-state index contributed by atoms with van der Waals surface area (Å²) in [5, 5.41) is 0. The monoisotopic (exact) mass is 421 g/mol. The first-order valence-electron chi connectivity index (χ1n) is 9.29. The van der Waals surface area contributed by atoms with Gasteiger partial charge in [-0.05, 0) is 45.7 Å². The highest BCUT2D eigenvalue weighted by molar-refractivity contribution is 5.68. The first-order valence-corrected chi connectivity index (χ1v) is 9.29. The van der Waals surface area contributed by atoms with E-state index in [9.17, 15) is 22.4 Å². The van der Waals surface area contributed by atoms with E-state index in [1.54, 1.807) is 20.8 Å². The lowest BCUT2D eigenvalue weighted by molar-refractivity contribution is -0.196. The zero-order valence-electron chi connectivity index (χ0n) is 16.7. The van der Waals surface area contributed by atoms with Crippen molar-refractivity contribution < 1.29 is 27.1 Å². The summed E-state index contributed by atoms with van der Waals surface area (Å²) in [4.78, 5) is 18.7. The Hall–Kier alpha value is -2.14. The Labute approximate surface area is 167 Å². The van der Waals surface area contributed by atoms with E-state index < -0.39 is 36.8 Å². The second-order valence-electron chi connectivity index (χ2n) is 7.76. The molecule has 11 heteroatoms. The molecule has 1 amide bonds. The molecule has 0 unspecified atom stereocenters. The van der Waals surface area contributed by atoms with Crippen LogP contribution in [0, 0.1) is 0 Å². The standard InChI is InChI=1S/C18H27F4N5O2/c1-17(2,3)29-16(28)27(11-9-19)14-8-5-10-26(14)15(18(20,21)22)12-6-4-7-13(24-12)25-23/h4,6-7,14-15H,5,8-11,23H2,1-3H3,(H,24,25)/t14-,15+/m0/s1. The number of nitrogens with zero attached hydrogens (tertiary/aromatic N) is 3. The van der Waals surface area contributed by atoms with Crippen molar-refractivity contribution in [2.75, 3.05) is 25.2 Å². The summed E-state index contributed by atoms with van der Waals surface area (Å²) >= 11 is 0. The van der Waals surface area contributed by atoms with Crippen LogP contribution in [0.4, 0.5) is 28.2 Å². The third kappa shape index (κ3) is 5.92. The van der Waals surface area contributed by atoms with Crippen LogP contribution < -0.4 is 11.3 Å². The van der Waals surface area contributed by atoms with Gasteiger partial charge < -0.3 is 10.2 Å². The molecule has 1 fully saturated rings. The van der Waals surface area contributed by atoms with E-state index in [1.165, 1.54) is 18.2 Å². The van der Waals surface area contributed by atoms with Crippen LogP contribution in [-0.4, -0.2) is 58.6 Å². The fourth-order valence-electron chi connectivity index (χ4n) is 3.39. The van der Waals surface area contributed by atoms with E-state index in [0.29, 0.717) is 6.42 Å². The molecule has 1 saturated heterocycles. The molecule has 1 aliphatic heterocycles. The maximum absolute atomic E-state index is 14.0. The molecule has 1 aliphatic rings. The predicted molar refractivity (Wildman–Crippen MR) is 99.5 cm³/mol. The molecule has 2 heterocycles. The molecular formula is C18H27F4N5O2. The number of amides is 1. The van der Waals surface area contributed by atoms with Crippen LogP contribution >= 0.6 is 0 Å². The number of alkyl halides is 4. The topological polar surface area (TPSA) is 83.7 Å². The molecule has 0 aromatic carbocycles. The lowest BCUT2D eigenvalue weighted by Gasteiger charge is -2.39. The zero-order valence-corrected chi connectivity index (χ0v) is 16.7. The summed E-state index contributed by atoms with van der Waals surface area (Å²) < 4.78 is 60.6. The number of hydrazine groups is 1. The molecule has 0 saturated carbocycles. The highest BCUT2D eigenvalue weighted by Crippen LogP contribution is 2.41. The number of ether oxygens (including phenoxy) is 1. The molecule has 0 spiro atoms. The molecular weight excluding hydrogens is 394 g/mol. The van der Waals surface area contributed by atoms with E-state index in [0.717, 1.165) is 9.80 Å². The van der Waals surface area contributed by atoms with Gasteiger partial charge in [0.05, 0.1) is 18.4 Å². The number of hydrogen-bond acceptors (Lipinski definition) is 6. The molecule has 1 aromatic rings. The van der Waals surface area contributed by atoms with Gasteiger partial charge in [0.15, 0.2) is 6.04 Å². The molecule has 2 atom stereocenters. The number of hydrogen-bond donors (Lipinski definition) is 2. The van der Waals surface area contributed by atoms with Crippen LogP contribution in [0.3, 0.4) is 0 Å². The highest BCUT2D eigenvalue weighted by Gasteiger charge is 2.51. The molecule has 0 aliphatic carbocycles. The minimum absolute atomic E-state index is 0.0718. The number of anilines is 1. The zero-order chi connectivity index (χ0) is 21.8. The number of nitrogens with one attached hydrogen (secondary N) is 1. The van der Waals surface area contributed by atoms with Crippen LogP contribution in [0.15, 0.2) is 18.2 Å².